The second-order valence-corrected chi connectivity index (χ2v) is 7.24. The molecule has 0 N–H and O–H groups in total. The predicted octanol–water partition coefficient (Wildman–Crippen LogP) is 4.20. The van der Waals surface area contributed by atoms with Gasteiger partial charge in [-0.25, -0.2) is 0 Å². The van der Waals surface area contributed by atoms with Crippen molar-refractivity contribution in [3.8, 4) is 5.75 Å². The molecule has 2 nitrogen and oxygen atoms in total. The summed E-state index contributed by atoms with van der Waals surface area (Å²) in [6.45, 7) is 2.77. The number of rotatable bonds is 6. The summed E-state index contributed by atoms with van der Waals surface area (Å²) in [6, 6.07) is 7.38. The first-order valence-electron chi connectivity index (χ1n) is 5.21. The Morgan fingerprint density at radius 2 is 2.19 bits per heavy atom. The zero-order valence-corrected chi connectivity index (χ0v) is 12.8. The van der Waals surface area contributed by atoms with Crippen LogP contribution in [0.4, 0.5) is 0 Å². The Labute approximate surface area is 118 Å². The summed E-state index contributed by atoms with van der Waals surface area (Å²) in [5.41, 5.74) is 0.648. The van der Waals surface area contributed by atoms with Gasteiger partial charge in [-0.2, -0.15) is 0 Å². The average molecular weight is 397 g/mol. The van der Waals surface area contributed by atoms with Gasteiger partial charge in [-0.05, 0) is 18.6 Å². The van der Waals surface area contributed by atoms with Gasteiger partial charge in [0.25, 0.3) is 0 Å². The van der Waals surface area contributed by atoms with Gasteiger partial charge in [-0.1, -0.05) is 64.0 Å². The number of halogens is 2. The molecule has 0 aliphatic carbocycles. The van der Waals surface area contributed by atoms with E-state index in [1.165, 1.54) is 0 Å². The van der Waals surface area contributed by atoms with E-state index in [-0.39, 0.29) is 8.62 Å². The molecular formula is C12H14BrIO2. The minimum Gasteiger partial charge on any atom is -0.493 e. The Balaban J connectivity index is 2.79. The fraction of sp³-hybridized carbons (Fsp3) is 0.417. The van der Waals surface area contributed by atoms with Crippen LogP contribution in [-0.2, 0) is 0 Å². The number of hydrogen-bond acceptors (Lipinski definition) is 2. The second-order valence-electron chi connectivity index (χ2n) is 3.36. The molecule has 0 fully saturated rings. The summed E-state index contributed by atoms with van der Waals surface area (Å²) in [5, 5.41) is 0. The summed E-state index contributed by atoms with van der Waals surface area (Å²) in [4.78, 5) is 11.9. The number of ketones is 1. The highest BCUT2D eigenvalue weighted by molar-refractivity contribution is 14.1. The van der Waals surface area contributed by atoms with Crippen LogP contribution in [0.5, 0.6) is 5.75 Å². The number of carbonyl (C=O) groups excluding carboxylic acids is 1. The summed E-state index contributed by atoms with van der Waals surface area (Å²) in [6.07, 6.45) is 2.09. The molecule has 1 aromatic rings. The summed E-state index contributed by atoms with van der Waals surface area (Å²) >= 11 is 5.32. The van der Waals surface area contributed by atoms with Crippen LogP contribution in [0.1, 0.15) is 30.1 Å². The average Bonchev–Trinajstić information content (AvgIpc) is 2.29. The quantitative estimate of drug-likeness (QED) is 0.311. The molecule has 0 bridgehead atoms. The van der Waals surface area contributed by atoms with Crippen LogP contribution >= 0.6 is 38.5 Å². The zero-order valence-electron chi connectivity index (χ0n) is 9.08. The Bertz CT molecular complexity index is 353. The van der Waals surface area contributed by atoms with E-state index in [1.807, 2.05) is 40.8 Å². The third-order valence-corrected chi connectivity index (χ3v) is 3.09. The Morgan fingerprint density at radius 1 is 1.50 bits per heavy atom. The summed E-state index contributed by atoms with van der Waals surface area (Å²) in [7, 11) is 0. The molecule has 0 aliphatic heterocycles. The van der Waals surface area contributed by atoms with Crippen LogP contribution in [0.25, 0.3) is 0 Å². The molecule has 0 radical (unpaired) electrons. The van der Waals surface area contributed by atoms with E-state index in [4.69, 9.17) is 4.74 Å². The first-order chi connectivity index (χ1) is 7.66. The van der Waals surface area contributed by atoms with E-state index < -0.39 is 0 Å². The maximum atomic E-state index is 11.9. The van der Waals surface area contributed by atoms with Crippen molar-refractivity contribution >= 4 is 44.3 Å². The van der Waals surface area contributed by atoms with Gasteiger partial charge in [0.2, 0.25) is 0 Å². The number of benzene rings is 1. The standard InChI is InChI=1S/C12H14BrIO2/c1-2-3-8-16-10-7-5-4-6-9(10)11(15)12(13)14/h4-7,12H,2-3,8H2,1H3. The third kappa shape index (κ3) is 4.05. The minimum atomic E-state index is -0.207. The van der Waals surface area contributed by atoms with Crippen molar-refractivity contribution in [2.45, 2.75) is 22.6 Å². The Morgan fingerprint density at radius 3 is 2.81 bits per heavy atom. The van der Waals surface area contributed by atoms with Gasteiger partial charge in [0, 0.05) is 0 Å². The summed E-state index contributed by atoms with van der Waals surface area (Å²) < 4.78 is 5.40. The zero-order chi connectivity index (χ0) is 12.0. The number of unbranched alkanes of at least 4 members (excludes halogenated alkanes) is 1. The van der Waals surface area contributed by atoms with Crippen molar-refractivity contribution in [3.63, 3.8) is 0 Å². The smallest absolute Gasteiger partial charge is 0.190 e. The van der Waals surface area contributed by atoms with E-state index in [2.05, 4.69) is 22.9 Å². The topological polar surface area (TPSA) is 26.3 Å². The molecule has 0 saturated heterocycles. The summed E-state index contributed by atoms with van der Waals surface area (Å²) in [5.74, 6) is 0.731. The lowest BCUT2D eigenvalue weighted by Gasteiger charge is -2.10. The molecule has 1 aromatic carbocycles. The van der Waals surface area contributed by atoms with Crippen molar-refractivity contribution in [1.29, 1.82) is 0 Å². The number of Topliss-reactive ketones (excluding diaryl/α,β-unsaturated/α-hetero) is 1. The van der Waals surface area contributed by atoms with Gasteiger partial charge in [0.1, 0.15) is 8.58 Å². The molecular weight excluding hydrogens is 383 g/mol. The fourth-order valence-corrected chi connectivity index (χ4v) is 1.82. The van der Waals surface area contributed by atoms with Crippen molar-refractivity contribution in [2.75, 3.05) is 6.61 Å². The highest BCUT2D eigenvalue weighted by Gasteiger charge is 2.17. The lowest BCUT2D eigenvalue weighted by atomic mass is 10.1. The van der Waals surface area contributed by atoms with Gasteiger partial charge in [0.15, 0.2) is 5.78 Å². The lowest BCUT2D eigenvalue weighted by Crippen LogP contribution is -2.10. The maximum Gasteiger partial charge on any atom is 0.190 e. The molecule has 0 amide bonds. The van der Waals surface area contributed by atoms with Gasteiger partial charge in [-0.15, -0.1) is 0 Å². The number of carbonyl (C=O) groups is 1. The largest absolute Gasteiger partial charge is 0.493 e. The highest BCUT2D eigenvalue weighted by Crippen LogP contribution is 2.24. The third-order valence-electron chi connectivity index (χ3n) is 2.11. The highest BCUT2D eigenvalue weighted by atomic mass is 127. The van der Waals surface area contributed by atoms with Crippen LogP contribution in [0.15, 0.2) is 24.3 Å². The molecule has 1 atom stereocenters. The predicted molar refractivity (Wildman–Crippen MR) is 77.9 cm³/mol. The van der Waals surface area contributed by atoms with Gasteiger partial charge < -0.3 is 4.74 Å². The molecule has 0 aliphatic rings. The number of ether oxygens (including phenoxy) is 1. The SMILES string of the molecule is CCCCOc1ccccc1C(=O)C(Br)I. The first-order valence-corrected chi connectivity index (χ1v) is 7.37. The van der Waals surface area contributed by atoms with Gasteiger partial charge >= 0.3 is 0 Å². The Hall–Kier alpha value is -0.100. The molecule has 0 heterocycles. The van der Waals surface area contributed by atoms with E-state index in [0.717, 1.165) is 12.8 Å². The van der Waals surface area contributed by atoms with Crippen LogP contribution < -0.4 is 4.74 Å². The van der Waals surface area contributed by atoms with Gasteiger partial charge in [-0.3, -0.25) is 4.79 Å². The van der Waals surface area contributed by atoms with Gasteiger partial charge in [0.05, 0.1) is 12.2 Å². The molecule has 0 spiro atoms. The van der Waals surface area contributed by atoms with Crippen LogP contribution in [0, 0.1) is 0 Å². The molecule has 1 unspecified atom stereocenters. The molecule has 1 rings (SSSR count). The van der Waals surface area contributed by atoms with Crippen LogP contribution in [-0.4, -0.2) is 15.2 Å². The van der Waals surface area contributed by atoms with Crippen molar-refractivity contribution < 1.29 is 9.53 Å². The number of alkyl halides is 2. The Kier molecular flexibility index (Phi) is 6.34. The lowest BCUT2D eigenvalue weighted by molar-refractivity contribution is 0.101. The monoisotopic (exact) mass is 396 g/mol. The van der Waals surface area contributed by atoms with E-state index in [0.29, 0.717) is 17.9 Å². The molecule has 0 saturated carbocycles. The van der Waals surface area contributed by atoms with Crippen molar-refractivity contribution in [2.24, 2.45) is 0 Å². The first kappa shape index (κ1) is 14.0. The fourth-order valence-electron chi connectivity index (χ4n) is 1.24. The van der Waals surface area contributed by atoms with Crippen LogP contribution in [0.3, 0.4) is 0 Å². The normalized spacial score (nSPS) is 12.2. The van der Waals surface area contributed by atoms with Crippen molar-refractivity contribution in [3.05, 3.63) is 29.8 Å². The second kappa shape index (κ2) is 7.27. The minimum absolute atomic E-state index is 0.0488. The molecule has 88 valence electrons. The molecule has 4 heteroatoms. The number of hydrogen-bond donors (Lipinski definition) is 0. The van der Waals surface area contributed by atoms with E-state index in [9.17, 15) is 4.79 Å². The maximum absolute atomic E-state index is 11.9. The van der Waals surface area contributed by atoms with Crippen LogP contribution in [0.2, 0.25) is 0 Å². The molecule has 16 heavy (non-hydrogen) atoms. The number of para-hydroxylation sites is 1. The van der Waals surface area contributed by atoms with E-state index in [1.54, 1.807) is 6.07 Å². The van der Waals surface area contributed by atoms with Crippen molar-refractivity contribution in [1.82, 2.24) is 0 Å². The molecule has 0 aromatic heterocycles. The van der Waals surface area contributed by atoms with E-state index >= 15 is 0 Å².